The van der Waals surface area contributed by atoms with Crippen LogP contribution in [0.4, 0.5) is 0 Å². The molecule has 0 aliphatic heterocycles. The molecule has 0 amide bonds. The molecule has 0 aliphatic rings. The molecule has 0 fully saturated rings. The summed E-state index contributed by atoms with van der Waals surface area (Å²) in [6.07, 6.45) is 4.95. The van der Waals surface area contributed by atoms with Gasteiger partial charge in [0.2, 0.25) is 0 Å². The summed E-state index contributed by atoms with van der Waals surface area (Å²) in [6.45, 7) is 4.50. The Bertz CT molecular complexity index is 482. The molecule has 0 N–H and O–H groups in total. The number of hydrogen-bond acceptors (Lipinski definition) is 0. The maximum Gasteiger partial charge on any atom is -0.0103 e. The Balaban J connectivity index is 2.08. The topological polar surface area (TPSA) is 0 Å². The van der Waals surface area contributed by atoms with Crippen LogP contribution in [0.15, 0.2) is 48.5 Å². The quantitative estimate of drug-likeness (QED) is 0.608. The number of aryl methyl sites for hydroxylation is 1. The molecule has 1 unspecified atom stereocenters. The Morgan fingerprint density at radius 2 is 1.32 bits per heavy atom. The van der Waals surface area contributed by atoms with E-state index in [1.165, 1.54) is 47.7 Å². The summed E-state index contributed by atoms with van der Waals surface area (Å²) in [5, 5.41) is 0. The first-order valence-electron chi connectivity index (χ1n) is 7.16. The minimum absolute atomic E-state index is 0.996. The fourth-order valence-corrected chi connectivity index (χ4v) is 2.91. The standard InChI is InChI=1S/C18H23P/c1-3-4-5-15-6-10-17(11-7-15)18-12-8-16(9-13-18)14-19-2/h6-13,19H,3-5,14H2,1-2H3. The molecule has 0 heterocycles. The van der Waals surface area contributed by atoms with Crippen molar-refractivity contribution in [1.29, 1.82) is 0 Å². The van der Waals surface area contributed by atoms with Gasteiger partial charge in [-0.1, -0.05) is 61.9 Å². The average Bonchev–Trinajstić information content (AvgIpc) is 2.47. The van der Waals surface area contributed by atoms with Crippen molar-refractivity contribution in [1.82, 2.24) is 0 Å². The fraction of sp³-hybridized carbons (Fsp3) is 0.333. The third-order valence-corrected chi connectivity index (χ3v) is 4.20. The molecular weight excluding hydrogens is 247 g/mol. The van der Waals surface area contributed by atoms with Crippen LogP contribution in [-0.4, -0.2) is 6.66 Å². The lowest BCUT2D eigenvalue weighted by Gasteiger charge is -2.05. The second-order valence-electron chi connectivity index (χ2n) is 5.03. The van der Waals surface area contributed by atoms with Crippen molar-refractivity contribution in [2.75, 3.05) is 6.66 Å². The minimum atomic E-state index is 0.996. The predicted octanol–water partition coefficient (Wildman–Crippen LogP) is 5.50. The van der Waals surface area contributed by atoms with Crippen molar-refractivity contribution in [3.63, 3.8) is 0 Å². The highest BCUT2D eigenvalue weighted by atomic mass is 31.1. The molecule has 0 saturated heterocycles. The molecule has 0 aromatic heterocycles. The van der Waals surface area contributed by atoms with E-state index in [0.29, 0.717) is 0 Å². The average molecular weight is 270 g/mol. The highest BCUT2D eigenvalue weighted by Crippen LogP contribution is 2.22. The van der Waals surface area contributed by atoms with Crippen LogP contribution in [0.2, 0.25) is 0 Å². The van der Waals surface area contributed by atoms with E-state index in [0.717, 1.165) is 8.58 Å². The third kappa shape index (κ3) is 4.18. The molecule has 0 nitrogen and oxygen atoms in total. The number of hydrogen-bond donors (Lipinski definition) is 0. The normalized spacial score (nSPS) is 11.3. The smallest absolute Gasteiger partial charge is 0.0103 e. The first-order chi connectivity index (χ1) is 9.33. The maximum atomic E-state index is 2.27. The van der Waals surface area contributed by atoms with E-state index >= 15 is 0 Å². The van der Waals surface area contributed by atoms with Crippen molar-refractivity contribution < 1.29 is 0 Å². The molecule has 0 spiro atoms. The Labute approximate surface area is 119 Å². The summed E-state index contributed by atoms with van der Waals surface area (Å²) in [5.74, 6) is 0. The molecule has 100 valence electrons. The summed E-state index contributed by atoms with van der Waals surface area (Å²) >= 11 is 0. The zero-order valence-electron chi connectivity index (χ0n) is 11.9. The molecule has 0 radical (unpaired) electrons. The van der Waals surface area contributed by atoms with Gasteiger partial charge in [0.15, 0.2) is 0 Å². The van der Waals surface area contributed by atoms with E-state index in [1.54, 1.807) is 0 Å². The first kappa shape index (κ1) is 14.3. The second-order valence-corrected chi connectivity index (χ2v) is 6.09. The van der Waals surface area contributed by atoms with Crippen molar-refractivity contribution in [2.45, 2.75) is 32.3 Å². The molecule has 0 bridgehead atoms. The van der Waals surface area contributed by atoms with Crippen LogP contribution in [-0.2, 0) is 12.6 Å². The van der Waals surface area contributed by atoms with Crippen molar-refractivity contribution in [3.05, 3.63) is 59.7 Å². The summed E-state index contributed by atoms with van der Waals surface area (Å²) in [6, 6.07) is 18.1. The van der Waals surface area contributed by atoms with E-state index in [4.69, 9.17) is 0 Å². The molecule has 1 atom stereocenters. The highest BCUT2D eigenvalue weighted by molar-refractivity contribution is 7.36. The Kier molecular flexibility index (Phi) is 5.61. The van der Waals surface area contributed by atoms with Crippen molar-refractivity contribution in [2.24, 2.45) is 0 Å². The second kappa shape index (κ2) is 7.46. The molecule has 2 rings (SSSR count). The zero-order chi connectivity index (χ0) is 13.5. The fourth-order valence-electron chi connectivity index (χ4n) is 2.26. The van der Waals surface area contributed by atoms with Gasteiger partial charge in [-0.25, -0.2) is 0 Å². The van der Waals surface area contributed by atoms with Crippen LogP contribution in [0.25, 0.3) is 11.1 Å². The Hall–Kier alpha value is -1.13. The van der Waals surface area contributed by atoms with Crippen LogP contribution in [0.1, 0.15) is 30.9 Å². The van der Waals surface area contributed by atoms with Gasteiger partial charge in [0, 0.05) is 0 Å². The maximum absolute atomic E-state index is 2.27. The van der Waals surface area contributed by atoms with E-state index in [1.807, 2.05) is 0 Å². The van der Waals surface area contributed by atoms with Gasteiger partial charge in [0.25, 0.3) is 0 Å². The van der Waals surface area contributed by atoms with E-state index in [9.17, 15) is 0 Å². The molecule has 0 aliphatic carbocycles. The monoisotopic (exact) mass is 270 g/mol. The third-order valence-electron chi connectivity index (χ3n) is 3.44. The van der Waals surface area contributed by atoms with Crippen molar-refractivity contribution in [3.8, 4) is 11.1 Å². The lowest BCUT2D eigenvalue weighted by atomic mass is 10.0. The van der Waals surface area contributed by atoms with E-state index in [2.05, 4.69) is 62.1 Å². The highest BCUT2D eigenvalue weighted by Gasteiger charge is 1.99. The van der Waals surface area contributed by atoms with Gasteiger partial charge in [-0.05, 0) is 47.9 Å². The van der Waals surface area contributed by atoms with Gasteiger partial charge >= 0.3 is 0 Å². The molecular formula is C18H23P. The molecule has 2 aromatic rings. The van der Waals surface area contributed by atoms with Gasteiger partial charge in [0.05, 0.1) is 0 Å². The lowest BCUT2D eigenvalue weighted by molar-refractivity contribution is 0.795. The van der Waals surface area contributed by atoms with Gasteiger partial charge in [-0.2, -0.15) is 0 Å². The van der Waals surface area contributed by atoms with Gasteiger partial charge in [-0.15, -0.1) is 8.58 Å². The SMILES string of the molecule is CCCCc1ccc(-c2ccc(CPC)cc2)cc1. The van der Waals surface area contributed by atoms with E-state index in [-0.39, 0.29) is 0 Å². The van der Waals surface area contributed by atoms with Crippen LogP contribution in [0, 0.1) is 0 Å². The summed E-state index contributed by atoms with van der Waals surface area (Å²) in [5.41, 5.74) is 5.55. The molecule has 2 aromatic carbocycles. The summed E-state index contributed by atoms with van der Waals surface area (Å²) < 4.78 is 0. The van der Waals surface area contributed by atoms with Gasteiger partial charge in [0.1, 0.15) is 0 Å². The van der Waals surface area contributed by atoms with Crippen LogP contribution < -0.4 is 0 Å². The lowest BCUT2D eigenvalue weighted by Crippen LogP contribution is -1.85. The van der Waals surface area contributed by atoms with Crippen LogP contribution in [0.5, 0.6) is 0 Å². The summed E-state index contributed by atoms with van der Waals surface area (Å²) in [7, 11) is 0.996. The minimum Gasteiger partial charge on any atom is -0.121 e. The van der Waals surface area contributed by atoms with Crippen molar-refractivity contribution >= 4 is 8.58 Å². The molecule has 19 heavy (non-hydrogen) atoms. The number of rotatable bonds is 6. The zero-order valence-corrected chi connectivity index (χ0v) is 12.9. The number of unbranched alkanes of at least 4 members (excludes halogenated alkanes) is 1. The Morgan fingerprint density at radius 1 is 0.789 bits per heavy atom. The van der Waals surface area contributed by atoms with Gasteiger partial charge < -0.3 is 0 Å². The predicted molar refractivity (Wildman–Crippen MR) is 88.4 cm³/mol. The Morgan fingerprint density at radius 3 is 1.79 bits per heavy atom. The van der Waals surface area contributed by atoms with Crippen LogP contribution in [0.3, 0.4) is 0 Å². The van der Waals surface area contributed by atoms with Crippen LogP contribution >= 0.6 is 8.58 Å². The largest absolute Gasteiger partial charge is 0.121 e. The summed E-state index contributed by atoms with van der Waals surface area (Å²) in [4.78, 5) is 0. The number of benzene rings is 2. The molecule has 1 heteroatoms. The first-order valence-corrected chi connectivity index (χ1v) is 8.87. The van der Waals surface area contributed by atoms with Gasteiger partial charge in [-0.3, -0.25) is 0 Å². The van der Waals surface area contributed by atoms with E-state index < -0.39 is 0 Å². The molecule has 0 saturated carbocycles.